The van der Waals surface area contributed by atoms with Gasteiger partial charge in [0.25, 0.3) is 0 Å². The molecule has 1 aliphatic carbocycles. The van der Waals surface area contributed by atoms with E-state index in [1.165, 1.54) is 94.8 Å². The van der Waals surface area contributed by atoms with Crippen LogP contribution in [0.4, 0.5) is 0 Å². The monoisotopic (exact) mass is 370 g/mol. The maximum atomic E-state index is 5.00. The van der Waals surface area contributed by atoms with Gasteiger partial charge < -0.3 is 0 Å². The van der Waals surface area contributed by atoms with Crippen LogP contribution in [-0.2, 0) is 0 Å². The molecule has 1 rings (SSSR count). The Bertz CT molecular complexity index is 237. The van der Waals surface area contributed by atoms with E-state index in [1.54, 1.807) is 0 Å². The largest absolute Gasteiger partial charge is 0.0900 e. The van der Waals surface area contributed by atoms with Crippen LogP contribution < -0.4 is 0 Å². The summed E-state index contributed by atoms with van der Waals surface area (Å²) in [5.41, 5.74) is 0. The van der Waals surface area contributed by atoms with Gasteiger partial charge in [-0.3, -0.25) is 0 Å². The van der Waals surface area contributed by atoms with Crippen LogP contribution in [0.5, 0.6) is 0 Å². The molecule has 0 atom stereocenters. The fourth-order valence-electron chi connectivity index (χ4n) is 3.78. The molecule has 0 aromatic heterocycles. The third-order valence-electron chi connectivity index (χ3n) is 5.24. The SMILES string of the molecule is CC.CCCC1CCC(CCC)CC1.CCCCCCCCC(C)=S. The van der Waals surface area contributed by atoms with Crippen LogP contribution in [-0.4, -0.2) is 4.86 Å². The maximum absolute atomic E-state index is 5.00. The van der Waals surface area contributed by atoms with Crippen LogP contribution in [0, 0.1) is 11.8 Å². The number of rotatable bonds is 11. The number of unbranched alkanes of at least 4 members (excludes halogenated alkanes) is 5. The van der Waals surface area contributed by atoms with Gasteiger partial charge >= 0.3 is 0 Å². The molecule has 0 nitrogen and oxygen atoms in total. The second-order valence-corrected chi connectivity index (χ2v) is 8.38. The molecule has 0 aromatic carbocycles. The van der Waals surface area contributed by atoms with E-state index in [2.05, 4.69) is 20.8 Å². The summed E-state index contributed by atoms with van der Waals surface area (Å²) in [5, 5.41) is 0. The molecule has 0 spiro atoms. The first-order chi connectivity index (χ1) is 12.1. The van der Waals surface area contributed by atoms with Crippen molar-refractivity contribution in [1.82, 2.24) is 0 Å². The summed E-state index contributed by atoms with van der Waals surface area (Å²) in [6.07, 6.45) is 21.2. The van der Waals surface area contributed by atoms with E-state index in [1.807, 2.05) is 20.8 Å². The number of hydrogen-bond acceptors (Lipinski definition) is 1. The van der Waals surface area contributed by atoms with E-state index in [0.717, 1.165) is 18.3 Å². The van der Waals surface area contributed by atoms with Gasteiger partial charge in [-0.05, 0) is 36.5 Å². The van der Waals surface area contributed by atoms with Gasteiger partial charge in [0.05, 0.1) is 0 Å². The first kappa shape index (κ1) is 27.3. The summed E-state index contributed by atoms with van der Waals surface area (Å²) < 4.78 is 0. The zero-order valence-electron chi connectivity index (χ0n) is 18.7. The maximum Gasteiger partial charge on any atom is -0.0102 e. The topological polar surface area (TPSA) is 0 Å². The van der Waals surface area contributed by atoms with E-state index >= 15 is 0 Å². The highest BCUT2D eigenvalue weighted by atomic mass is 32.1. The van der Waals surface area contributed by atoms with Crippen LogP contribution in [0.15, 0.2) is 0 Å². The lowest BCUT2D eigenvalue weighted by Gasteiger charge is -2.27. The summed E-state index contributed by atoms with van der Waals surface area (Å²) in [7, 11) is 0. The van der Waals surface area contributed by atoms with Crippen molar-refractivity contribution < 1.29 is 0 Å². The van der Waals surface area contributed by atoms with E-state index in [9.17, 15) is 0 Å². The van der Waals surface area contributed by atoms with Gasteiger partial charge in [0, 0.05) is 0 Å². The molecule has 1 heteroatoms. The van der Waals surface area contributed by atoms with Gasteiger partial charge in [0.15, 0.2) is 0 Å². The van der Waals surface area contributed by atoms with Crippen molar-refractivity contribution in [3.63, 3.8) is 0 Å². The van der Waals surface area contributed by atoms with Gasteiger partial charge in [-0.1, -0.05) is 130 Å². The van der Waals surface area contributed by atoms with Crippen molar-refractivity contribution in [2.24, 2.45) is 11.8 Å². The number of hydrogen-bond donors (Lipinski definition) is 0. The van der Waals surface area contributed by atoms with Gasteiger partial charge in [-0.2, -0.15) is 0 Å². The smallest absolute Gasteiger partial charge is 0.0102 e. The van der Waals surface area contributed by atoms with Gasteiger partial charge in [0.1, 0.15) is 0 Å². The molecular formula is C24H50S. The minimum Gasteiger partial charge on any atom is -0.0900 e. The molecule has 1 saturated carbocycles. The first-order valence-electron chi connectivity index (χ1n) is 11.6. The molecule has 25 heavy (non-hydrogen) atoms. The van der Waals surface area contributed by atoms with Crippen molar-refractivity contribution in [3.05, 3.63) is 0 Å². The second kappa shape index (κ2) is 22.1. The highest BCUT2D eigenvalue weighted by molar-refractivity contribution is 7.80. The lowest BCUT2D eigenvalue weighted by atomic mass is 9.78. The van der Waals surface area contributed by atoms with Crippen molar-refractivity contribution >= 4 is 17.1 Å². The predicted molar refractivity (Wildman–Crippen MR) is 123 cm³/mol. The van der Waals surface area contributed by atoms with Crippen molar-refractivity contribution in [2.75, 3.05) is 0 Å². The third-order valence-corrected chi connectivity index (χ3v) is 5.45. The van der Waals surface area contributed by atoms with Crippen molar-refractivity contribution in [2.45, 2.75) is 138 Å². The summed E-state index contributed by atoms with van der Waals surface area (Å²) >= 11 is 5.00. The fraction of sp³-hybridized carbons (Fsp3) is 0.958. The zero-order chi connectivity index (χ0) is 19.3. The molecule has 152 valence electrons. The van der Waals surface area contributed by atoms with Crippen LogP contribution >= 0.6 is 12.2 Å². The van der Waals surface area contributed by atoms with E-state index < -0.39 is 0 Å². The number of thiocarbonyl (C=S) groups is 1. The van der Waals surface area contributed by atoms with Crippen LogP contribution in [0.25, 0.3) is 0 Å². The molecule has 0 saturated heterocycles. The van der Waals surface area contributed by atoms with Crippen LogP contribution in [0.2, 0.25) is 0 Å². The van der Waals surface area contributed by atoms with E-state index in [0.29, 0.717) is 0 Å². The average Bonchev–Trinajstić information content (AvgIpc) is 2.62. The van der Waals surface area contributed by atoms with E-state index in [4.69, 9.17) is 12.2 Å². The summed E-state index contributed by atoms with van der Waals surface area (Å²) in [6.45, 7) is 12.9. The summed E-state index contributed by atoms with van der Waals surface area (Å²) in [5.74, 6) is 2.17. The Hall–Kier alpha value is 0.0900. The van der Waals surface area contributed by atoms with Gasteiger partial charge in [-0.25, -0.2) is 0 Å². The standard InChI is InChI=1S/C12H24.C10H20S.C2H6/c1-3-5-11-7-9-12(6-4-2)10-8-11;1-3-4-5-6-7-8-9-10(2)11;1-2/h11-12H,3-10H2,1-2H3;3-9H2,1-2H3;1-2H3. The molecule has 0 bridgehead atoms. The Morgan fingerprint density at radius 2 is 1.08 bits per heavy atom. The van der Waals surface area contributed by atoms with Gasteiger partial charge in [-0.15, -0.1) is 0 Å². The second-order valence-electron chi connectivity index (χ2n) is 7.68. The molecule has 0 heterocycles. The Morgan fingerprint density at radius 1 is 0.680 bits per heavy atom. The summed E-state index contributed by atoms with van der Waals surface area (Å²) in [4.78, 5) is 1.17. The minimum atomic E-state index is 1.09. The van der Waals surface area contributed by atoms with Crippen molar-refractivity contribution in [1.29, 1.82) is 0 Å². The zero-order valence-corrected chi connectivity index (χ0v) is 19.5. The lowest BCUT2D eigenvalue weighted by molar-refractivity contribution is 0.251. The highest BCUT2D eigenvalue weighted by Crippen LogP contribution is 2.33. The third kappa shape index (κ3) is 20.3. The molecule has 0 unspecified atom stereocenters. The quantitative estimate of drug-likeness (QED) is 0.257. The molecule has 0 amide bonds. The molecule has 0 aromatic rings. The molecular weight excluding hydrogens is 320 g/mol. The summed E-state index contributed by atoms with van der Waals surface area (Å²) in [6, 6.07) is 0. The Kier molecular flexibility index (Phi) is 24.2. The fourth-order valence-corrected chi connectivity index (χ4v) is 3.92. The minimum absolute atomic E-state index is 1.09. The molecule has 1 aliphatic rings. The highest BCUT2D eigenvalue weighted by Gasteiger charge is 2.19. The Morgan fingerprint density at radius 3 is 1.44 bits per heavy atom. The lowest BCUT2D eigenvalue weighted by Crippen LogP contribution is -2.14. The molecule has 0 radical (unpaired) electrons. The van der Waals surface area contributed by atoms with Crippen molar-refractivity contribution in [3.8, 4) is 0 Å². The molecule has 0 N–H and O–H groups in total. The molecule has 1 fully saturated rings. The normalized spacial score (nSPS) is 19.3. The Labute approximate surface area is 166 Å². The van der Waals surface area contributed by atoms with E-state index in [-0.39, 0.29) is 0 Å². The van der Waals surface area contributed by atoms with Crippen LogP contribution in [0.1, 0.15) is 138 Å². The predicted octanol–water partition coefficient (Wildman–Crippen LogP) is 9.55. The Balaban J connectivity index is 0. The molecule has 0 aliphatic heterocycles. The average molecular weight is 371 g/mol. The first-order valence-corrected chi connectivity index (χ1v) is 12.0. The van der Waals surface area contributed by atoms with Gasteiger partial charge in [0.2, 0.25) is 0 Å². The van der Waals surface area contributed by atoms with Crippen LogP contribution in [0.3, 0.4) is 0 Å².